The summed E-state index contributed by atoms with van der Waals surface area (Å²) < 4.78 is 0. The molecule has 0 unspecified atom stereocenters. The lowest BCUT2D eigenvalue weighted by atomic mass is 10.1. The standard InChI is InChI=1S/C22H20ClN3O2/c1-15(27)17-3-2-4-20(13-17)26-22(28)21-14-19(10-12-25-21)24-11-9-16-5-7-18(23)8-6-16/h2-8,10,12-14H,9,11H2,1H3,(H,24,25)(H,26,28). The van der Waals surface area contributed by atoms with Gasteiger partial charge in [0.15, 0.2) is 5.78 Å². The molecule has 5 nitrogen and oxygen atoms in total. The van der Waals surface area contributed by atoms with Crippen LogP contribution in [0.5, 0.6) is 0 Å². The van der Waals surface area contributed by atoms with Crippen LogP contribution in [-0.4, -0.2) is 23.2 Å². The fourth-order valence-corrected chi connectivity index (χ4v) is 2.80. The van der Waals surface area contributed by atoms with E-state index in [-0.39, 0.29) is 11.7 Å². The summed E-state index contributed by atoms with van der Waals surface area (Å²) >= 11 is 5.89. The number of carbonyl (C=O) groups excluding carboxylic acids is 2. The van der Waals surface area contributed by atoms with Crippen molar-refractivity contribution in [1.29, 1.82) is 0 Å². The maximum Gasteiger partial charge on any atom is 0.274 e. The lowest BCUT2D eigenvalue weighted by molar-refractivity contribution is 0.100. The SMILES string of the molecule is CC(=O)c1cccc(NC(=O)c2cc(NCCc3ccc(Cl)cc3)ccn2)c1. The molecule has 1 amide bonds. The van der Waals surface area contributed by atoms with Crippen LogP contribution in [0.2, 0.25) is 5.02 Å². The molecule has 0 atom stereocenters. The molecule has 0 radical (unpaired) electrons. The van der Waals surface area contributed by atoms with Gasteiger partial charge in [-0.25, -0.2) is 0 Å². The Bertz CT molecular complexity index is 987. The maximum atomic E-state index is 12.5. The highest BCUT2D eigenvalue weighted by Crippen LogP contribution is 2.15. The third kappa shape index (κ3) is 5.41. The second-order valence-corrected chi connectivity index (χ2v) is 6.76. The van der Waals surface area contributed by atoms with Crippen molar-refractivity contribution in [3.63, 3.8) is 0 Å². The van der Waals surface area contributed by atoms with E-state index < -0.39 is 0 Å². The first kappa shape index (κ1) is 19.6. The highest BCUT2D eigenvalue weighted by molar-refractivity contribution is 6.30. The molecule has 0 saturated heterocycles. The smallest absolute Gasteiger partial charge is 0.274 e. The number of carbonyl (C=O) groups is 2. The summed E-state index contributed by atoms with van der Waals surface area (Å²) in [5.41, 5.74) is 3.38. The average molecular weight is 394 g/mol. The van der Waals surface area contributed by atoms with Gasteiger partial charge in [0, 0.05) is 34.7 Å². The fraction of sp³-hybridized carbons (Fsp3) is 0.136. The second-order valence-electron chi connectivity index (χ2n) is 6.32. The van der Waals surface area contributed by atoms with E-state index in [0.717, 1.165) is 17.1 Å². The minimum atomic E-state index is -0.331. The Morgan fingerprint density at radius 2 is 1.79 bits per heavy atom. The largest absolute Gasteiger partial charge is 0.385 e. The fourth-order valence-electron chi connectivity index (χ4n) is 2.68. The summed E-state index contributed by atoms with van der Waals surface area (Å²) in [5.74, 6) is -0.386. The highest BCUT2D eigenvalue weighted by atomic mass is 35.5. The van der Waals surface area contributed by atoms with Gasteiger partial charge in [-0.1, -0.05) is 35.9 Å². The van der Waals surface area contributed by atoms with E-state index in [1.807, 2.05) is 30.3 Å². The molecular weight excluding hydrogens is 374 g/mol. The number of ketones is 1. The average Bonchev–Trinajstić information content (AvgIpc) is 2.70. The van der Waals surface area contributed by atoms with Gasteiger partial charge in [0.25, 0.3) is 5.91 Å². The first-order valence-electron chi connectivity index (χ1n) is 8.88. The van der Waals surface area contributed by atoms with Crippen molar-refractivity contribution < 1.29 is 9.59 Å². The molecule has 0 saturated carbocycles. The van der Waals surface area contributed by atoms with Gasteiger partial charge >= 0.3 is 0 Å². The Kier molecular flexibility index (Phi) is 6.40. The van der Waals surface area contributed by atoms with Crippen molar-refractivity contribution >= 4 is 34.7 Å². The number of Topliss-reactive ketones (excluding diaryl/α,β-unsaturated/α-hetero) is 1. The van der Waals surface area contributed by atoms with E-state index in [9.17, 15) is 9.59 Å². The molecule has 2 aromatic carbocycles. The molecule has 1 aromatic heterocycles. The minimum absolute atomic E-state index is 0.0545. The van der Waals surface area contributed by atoms with E-state index >= 15 is 0 Å². The van der Waals surface area contributed by atoms with Crippen molar-refractivity contribution in [2.45, 2.75) is 13.3 Å². The number of hydrogen-bond acceptors (Lipinski definition) is 4. The maximum absolute atomic E-state index is 12.5. The third-order valence-corrected chi connectivity index (χ3v) is 4.43. The molecule has 2 N–H and O–H groups in total. The van der Waals surface area contributed by atoms with Gasteiger partial charge in [0.05, 0.1) is 0 Å². The van der Waals surface area contributed by atoms with Crippen molar-refractivity contribution in [3.8, 4) is 0 Å². The molecular formula is C22H20ClN3O2. The number of hydrogen-bond donors (Lipinski definition) is 2. The van der Waals surface area contributed by atoms with Gasteiger partial charge in [-0.05, 0) is 55.3 Å². The van der Waals surface area contributed by atoms with Crippen LogP contribution in [0.15, 0.2) is 66.9 Å². The third-order valence-electron chi connectivity index (χ3n) is 4.18. The lowest BCUT2D eigenvalue weighted by Crippen LogP contribution is -2.14. The number of benzene rings is 2. The predicted molar refractivity (Wildman–Crippen MR) is 112 cm³/mol. The number of anilines is 2. The van der Waals surface area contributed by atoms with Crippen LogP contribution in [0.25, 0.3) is 0 Å². The number of nitrogens with zero attached hydrogens (tertiary/aromatic N) is 1. The number of nitrogens with one attached hydrogen (secondary N) is 2. The van der Waals surface area contributed by atoms with Crippen LogP contribution in [-0.2, 0) is 6.42 Å². The van der Waals surface area contributed by atoms with Crippen molar-refractivity contribution in [2.75, 3.05) is 17.2 Å². The molecule has 6 heteroatoms. The molecule has 1 heterocycles. The normalized spacial score (nSPS) is 10.4. The molecule has 0 bridgehead atoms. The van der Waals surface area contributed by atoms with Crippen molar-refractivity contribution in [2.24, 2.45) is 0 Å². The zero-order chi connectivity index (χ0) is 19.9. The predicted octanol–water partition coefficient (Wildman–Crippen LogP) is 4.84. The van der Waals surface area contributed by atoms with Gasteiger partial charge in [-0.2, -0.15) is 0 Å². The monoisotopic (exact) mass is 393 g/mol. The van der Waals surface area contributed by atoms with Crippen LogP contribution in [0.4, 0.5) is 11.4 Å². The van der Waals surface area contributed by atoms with Crippen LogP contribution >= 0.6 is 11.6 Å². The van der Waals surface area contributed by atoms with E-state index in [1.54, 1.807) is 36.5 Å². The molecule has 0 aliphatic heterocycles. The zero-order valence-corrected chi connectivity index (χ0v) is 16.2. The molecule has 0 aliphatic rings. The van der Waals surface area contributed by atoms with Crippen molar-refractivity contribution in [1.82, 2.24) is 4.98 Å². The molecule has 142 valence electrons. The summed E-state index contributed by atoms with van der Waals surface area (Å²) in [7, 11) is 0. The van der Waals surface area contributed by atoms with Crippen LogP contribution in [0.3, 0.4) is 0 Å². The molecule has 28 heavy (non-hydrogen) atoms. The molecule has 0 fully saturated rings. The Hall–Kier alpha value is -3.18. The van der Waals surface area contributed by atoms with E-state index in [4.69, 9.17) is 11.6 Å². The zero-order valence-electron chi connectivity index (χ0n) is 15.4. The van der Waals surface area contributed by atoms with Gasteiger partial charge in [0.2, 0.25) is 0 Å². The minimum Gasteiger partial charge on any atom is -0.385 e. The first-order chi connectivity index (χ1) is 13.5. The van der Waals surface area contributed by atoms with Gasteiger partial charge < -0.3 is 10.6 Å². The van der Waals surface area contributed by atoms with Crippen LogP contribution in [0, 0.1) is 0 Å². The molecule has 3 rings (SSSR count). The number of aromatic nitrogens is 1. The second kappa shape index (κ2) is 9.15. The summed E-state index contributed by atoms with van der Waals surface area (Å²) in [6.07, 6.45) is 2.42. The van der Waals surface area contributed by atoms with Gasteiger partial charge in [0.1, 0.15) is 5.69 Å². The number of pyridine rings is 1. The summed E-state index contributed by atoms with van der Waals surface area (Å²) in [6.45, 7) is 2.20. The first-order valence-corrected chi connectivity index (χ1v) is 9.26. The lowest BCUT2D eigenvalue weighted by Gasteiger charge is -2.09. The molecule has 3 aromatic rings. The topological polar surface area (TPSA) is 71.1 Å². The van der Waals surface area contributed by atoms with Crippen LogP contribution in [0.1, 0.15) is 33.3 Å². The highest BCUT2D eigenvalue weighted by Gasteiger charge is 2.09. The number of halogens is 1. The van der Waals surface area contributed by atoms with E-state index in [0.29, 0.717) is 23.5 Å². The number of amides is 1. The van der Waals surface area contributed by atoms with E-state index in [2.05, 4.69) is 15.6 Å². The summed E-state index contributed by atoms with van der Waals surface area (Å²) in [6, 6.07) is 18.1. The summed E-state index contributed by atoms with van der Waals surface area (Å²) in [5, 5.41) is 6.79. The Morgan fingerprint density at radius 1 is 1.00 bits per heavy atom. The van der Waals surface area contributed by atoms with Gasteiger partial charge in [-0.15, -0.1) is 0 Å². The van der Waals surface area contributed by atoms with Crippen molar-refractivity contribution in [3.05, 3.63) is 88.7 Å². The van der Waals surface area contributed by atoms with Gasteiger partial charge in [-0.3, -0.25) is 14.6 Å². The summed E-state index contributed by atoms with van der Waals surface area (Å²) in [4.78, 5) is 28.1. The Morgan fingerprint density at radius 3 is 2.54 bits per heavy atom. The van der Waals surface area contributed by atoms with E-state index in [1.165, 1.54) is 12.5 Å². The molecule has 0 aliphatic carbocycles. The Balaban J connectivity index is 1.60. The quantitative estimate of drug-likeness (QED) is 0.563. The van der Waals surface area contributed by atoms with Crippen LogP contribution < -0.4 is 10.6 Å². The molecule has 0 spiro atoms. The Labute approximate surface area is 168 Å². The number of rotatable bonds is 7.